The van der Waals surface area contributed by atoms with Crippen LogP contribution >= 0.6 is 0 Å². The third-order valence-electron chi connectivity index (χ3n) is 9.79. The molecular weight excluding hydrogens is 553 g/mol. The molecule has 3 aromatic rings. The minimum Gasteiger partial charge on any atom is -0.407 e. The zero-order chi connectivity index (χ0) is 30.2. The van der Waals surface area contributed by atoms with Gasteiger partial charge >= 0.3 is 0 Å². The Morgan fingerprint density at radius 3 is 2.07 bits per heavy atom. The summed E-state index contributed by atoms with van der Waals surface area (Å²) in [4.78, 5) is 9.54. The van der Waals surface area contributed by atoms with Crippen molar-refractivity contribution in [3.05, 3.63) is 72.7 Å². The van der Waals surface area contributed by atoms with Crippen LogP contribution in [0.4, 0.5) is 5.82 Å². The van der Waals surface area contributed by atoms with Gasteiger partial charge in [0.2, 0.25) is 0 Å². The Labute approximate surface area is 255 Å². The number of hydrogen-bond acceptors (Lipinski definition) is 5. The van der Waals surface area contributed by atoms with Crippen LogP contribution in [0.25, 0.3) is 0 Å². The van der Waals surface area contributed by atoms with Crippen LogP contribution in [0.1, 0.15) is 78.6 Å². The maximum absolute atomic E-state index is 7.31. The van der Waals surface area contributed by atoms with Crippen molar-refractivity contribution in [1.82, 2.24) is 9.55 Å². The van der Waals surface area contributed by atoms with E-state index in [4.69, 9.17) is 13.8 Å². The number of aromatic nitrogens is 2. The summed E-state index contributed by atoms with van der Waals surface area (Å²) in [5.41, 5.74) is 0.990. The molecule has 2 aliphatic rings. The van der Waals surface area contributed by atoms with Crippen molar-refractivity contribution in [3.63, 3.8) is 0 Å². The summed E-state index contributed by atoms with van der Waals surface area (Å²) in [6.45, 7) is 19.9. The fraction of sp³-hybridized carbons (Fsp3) is 0.529. The summed E-state index contributed by atoms with van der Waals surface area (Å²) in [6, 6.07) is 22.3. The summed E-state index contributed by atoms with van der Waals surface area (Å²) >= 11 is 0. The zero-order valence-electron chi connectivity index (χ0n) is 26.9. The normalized spacial score (nSPS) is 21.6. The minimum atomic E-state index is -2.54. The van der Waals surface area contributed by atoms with E-state index in [0.717, 1.165) is 37.4 Å². The molecule has 1 fully saturated rings. The van der Waals surface area contributed by atoms with Crippen molar-refractivity contribution < 1.29 is 8.85 Å². The number of benzene rings is 2. The number of rotatable bonds is 8. The van der Waals surface area contributed by atoms with Crippen molar-refractivity contribution >= 4 is 39.2 Å². The first-order valence-corrected chi connectivity index (χ1v) is 20.4. The highest BCUT2D eigenvalue weighted by molar-refractivity contribution is 6.99. The lowest BCUT2D eigenvalue weighted by molar-refractivity contribution is 0.189. The molecule has 226 valence electrons. The molecule has 2 aromatic carbocycles. The molecule has 1 aromatic heterocycles. The van der Waals surface area contributed by atoms with Crippen LogP contribution in [0, 0.1) is 5.92 Å². The van der Waals surface area contributed by atoms with E-state index < -0.39 is 16.6 Å². The number of fused-ring (bicyclic) bond motifs is 1. The van der Waals surface area contributed by atoms with Gasteiger partial charge in [0.05, 0.1) is 19.2 Å². The van der Waals surface area contributed by atoms with Crippen molar-refractivity contribution in [2.75, 3.05) is 18.5 Å². The quantitative estimate of drug-likeness (QED) is 0.275. The highest BCUT2D eigenvalue weighted by Crippen LogP contribution is 2.44. The maximum atomic E-state index is 7.31. The Kier molecular flexibility index (Phi) is 8.74. The van der Waals surface area contributed by atoms with E-state index in [-0.39, 0.29) is 16.2 Å². The van der Waals surface area contributed by atoms with E-state index in [9.17, 15) is 0 Å². The van der Waals surface area contributed by atoms with Gasteiger partial charge < -0.3 is 18.7 Å². The average Bonchev–Trinajstić information content (AvgIpc) is 3.53. The smallest absolute Gasteiger partial charge is 0.261 e. The molecule has 8 heteroatoms. The van der Waals surface area contributed by atoms with Crippen molar-refractivity contribution in [2.45, 2.75) is 96.1 Å². The number of nitrogens with one attached hydrogen (secondary N) is 1. The molecule has 0 bridgehead atoms. The standard InChI is InChI=1S/C34H50N4O2Si2/c1-33(2,3)41(7,8)40-30-22-35-24-36-32-31(30)37-25-38(32)27-20-19-26(21-27)23-39-42(34(4,5)6,28-15-11-9-12-16-28)29-17-13-10-14-18-29/h9-18,24-27,30H,19-23H2,1-8H3,(H,35,36)/t26-,27+,30-/m1/s1. The fourth-order valence-electron chi connectivity index (χ4n) is 6.46. The van der Waals surface area contributed by atoms with Gasteiger partial charge in [-0.15, -0.1) is 0 Å². The van der Waals surface area contributed by atoms with Crippen LogP contribution in [0.5, 0.6) is 0 Å². The molecule has 1 aliphatic carbocycles. The summed E-state index contributed by atoms with van der Waals surface area (Å²) in [6.07, 6.45) is 7.06. The SMILES string of the molecule is CC(C)(C)[Si](C)(C)O[C@@H]1CN=CNc2c1ncn2[C@H]1CC[C@@H](CO[Si](c2ccccc2)(c2ccccc2)C(C)(C)C)C1. The minimum absolute atomic E-state index is 0.0161. The van der Waals surface area contributed by atoms with E-state index in [1.807, 2.05) is 12.7 Å². The molecule has 0 spiro atoms. The Bertz CT molecular complexity index is 1320. The summed E-state index contributed by atoms with van der Waals surface area (Å²) in [5, 5.41) is 6.25. The number of imidazole rings is 1. The predicted octanol–water partition coefficient (Wildman–Crippen LogP) is 7.32. The molecule has 42 heavy (non-hydrogen) atoms. The molecule has 0 saturated heterocycles. The third-order valence-corrected chi connectivity index (χ3v) is 19.3. The van der Waals surface area contributed by atoms with Gasteiger partial charge in [-0.05, 0) is 58.7 Å². The van der Waals surface area contributed by atoms with Crippen LogP contribution < -0.4 is 15.7 Å². The van der Waals surface area contributed by atoms with Gasteiger partial charge in [0.15, 0.2) is 8.32 Å². The Morgan fingerprint density at radius 2 is 1.50 bits per heavy atom. The van der Waals surface area contributed by atoms with E-state index in [1.165, 1.54) is 10.4 Å². The molecule has 0 amide bonds. The monoisotopic (exact) mass is 602 g/mol. The van der Waals surface area contributed by atoms with Gasteiger partial charge in [0.25, 0.3) is 8.32 Å². The van der Waals surface area contributed by atoms with E-state index >= 15 is 0 Å². The second kappa shape index (κ2) is 11.9. The molecule has 0 radical (unpaired) electrons. The largest absolute Gasteiger partial charge is 0.407 e. The molecule has 1 aliphatic heterocycles. The highest BCUT2D eigenvalue weighted by atomic mass is 28.4. The third kappa shape index (κ3) is 5.96. The van der Waals surface area contributed by atoms with Gasteiger partial charge in [0.1, 0.15) is 17.6 Å². The van der Waals surface area contributed by atoms with Gasteiger partial charge in [-0.2, -0.15) is 0 Å². The molecule has 6 nitrogen and oxygen atoms in total. The first kappa shape index (κ1) is 30.9. The van der Waals surface area contributed by atoms with E-state index in [2.05, 4.69) is 130 Å². The van der Waals surface area contributed by atoms with Crippen LogP contribution in [0.3, 0.4) is 0 Å². The zero-order valence-corrected chi connectivity index (χ0v) is 28.9. The molecule has 2 heterocycles. The summed E-state index contributed by atoms with van der Waals surface area (Å²) < 4.78 is 16.5. The Hall–Kier alpha value is -2.53. The number of aliphatic imine (C=N–C) groups is 1. The molecular formula is C34H50N4O2Si2. The Balaban J connectivity index is 1.36. The van der Waals surface area contributed by atoms with Crippen LogP contribution in [-0.2, 0) is 8.85 Å². The molecule has 1 saturated carbocycles. The van der Waals surface area contributed by atoms with Crippen LogP contribution in [-0.4, -0.2) is 45.7 Å². The molecule has 5 rings (SSSR count). The topological polar surface area (TPSA) is 60.7 Å². The average molecular weight is 603 g/mol. The molecule has 1 N–H and O–H groups in total. The first-order chi connectivity index (χ1) is 19.8. The molecule has 0 unspecified atom stereocenters. The lowest BCUT2D eigenvalue weighted by atomic mass is 10.1. The van der Waals surface area contributed by atoms with Gasteiger partial charge in [0, 0.05) is 12.6 Å². The van der Waals surface area contributed by atoms with Gasteiger partial charge in [-0.3, -0.25) is 4.99 Å². The first-order valence-electron chi connectivity index (χ1n) is 15.6. The van der Waals surface area contributed by atoms with Gasteiger partial charge in [-0.1, -0.05) is 102 Å². The van der Waals surface area contributed by atoms with Crippen molar-refractivity contribution in [2.24, 2.45) is 10.9 Å². The summed E-state index contributed by atoms with van der Waals surface area (Å²) in [7, 11) is -4.52. The van der Waals surface area contributed by atoms with Crippen molar-refractivity contribution in [1.29, 1.82) is 0 Å². The number of nitrogens with zero attached hydrogens (tertiary/aromatic N) is 3. The second-order valence-corrected chi connectivity index (χ2v) is 23.8. The van der Waals surface area contributed by atoms with E-state index in [0.29, 0.717) is 18.5 Å². The van der Waals surface area contributed by atoms with E-state index in [1.54, 1.807) is 0 Å². The number of hydrogen-bond donors (Lipinski definition) is 1. The van der Waals surface area contributed by atoms with Gasteiger partial charge in [-0.25, -0.2) is 4.98 Å². The van der Waals surface area contributed by atoms with Crippen LogP contribution in [0.2, 0.25) is 23.2 Å². The lowest BCUT2D eigenvalue weighted by Gasteiger charge is -2.43. The lowest BCUT2D eigenvalue weighted by Crippen LogP contribution is -2.66. The number of anilines is 1. The maximum Gasteiger partial charge on any atom is 0.261 e. The summed E-state index contributed by atoms with van der Waals surface area (Å²) in [5.74, 6) is 1.53. The highest BCUT2D eigenvalue weighted by Gasteiger charge is 2.50. The predicted molar refractivity (Wildman–Crippen MR) is 180 cm³/mol. The van der Waals surface area contributed by atoms with Crippen molar-refractivity contribution in [3.8, 4) is 0 Å². The van der Waals surface area contributed by atoms with Crippen LogP contribution in [0.15, 0.2) is 72.0 Å². The second-order valence-electron chi connectivity index (χ2n) is 14.7. The molecule has 3 atom stereocenters. The fourth-order valence-corrected chi connectivity index (χ4v) is 12.4. The Morgan fingerprint density at radius 1 is 0.881 bits per heavy atom.